The van der Waals surface area contributed by atoms with Gasteiger partial charge in [-0.25, -0.2) is 4.98 Å². The van der Waals surface area contributed by atoms with Crippen molar-refractivity contribution in [1.82, 2.24) is 4.98 Å². The number of aromatic nitrogens is 1. The first-order valence-corrected chi connectivity index (χ1v) is 5.79. The fourth-order valence-electron chi connectivity index (χ4n) is 1.32. The Balaban J connectivity index is 2.81. The molecular weight excluding hydrogens is 276 g/mol. The molecule has 78 valence electrons. The number of hydrogen-bond donors (Lipinski definition) is 0. The predicted molar refractivity (Wildman–Crippen MR) is 66.3 cm³/mol. The van der Waals surface area contributed by atoms with Crippen molar-refractivity contribution in [3.05, 3.63) is 39.0 Å². The zero-order valence-electron chi connectivity index (χ0n) is 7.40. The highest BCUT2D eigenvalue weighted by Crippen LogP contribution is 2.29. The predicted octanol–water partition coefficient (Wildman–Crippen LogP) is 4.93. The zero-order valence-corrected chi connectivity index (χ0v) is 10.4. The van der Waals surface area contributed by atoms with Crippen LogP contribution in [0.25, 0.3) is 10.9 Å². The molecule has 0 radical (unpaired) electrons. The maximum absolute atomic E-state index is 5.99. The van der Waals surface area contributed by atoms with Crippen LogP contribution in [0.1, 0.15) is 5.56 Å². The summed E-state index contributed by atoms with van der Waals surface area (Å²) < 4.78 is 0. The third kappa shape index (κ3) is 2.16. The number of fused-ring (bicyclic) bond motifs is 1. The summed E-state index contributed by atoms with van der Waals surface area (Å²) in [6.45, 7) is 0. The Morgan fingerprint density at radius 3 is 2.47 bits per heavy atom. The van der Waals surface area contributed by atoms with E-state index in [9.17, 15) is 0 Å². The average molecular weight is 281 g/mol. The van der Waals surface area contributed by atoms with E-state index in [-0.39, 0.29) is 0 Å². The van der Waals surface area contributed by atoms with Gasteiger partial charge in [0.15, 0.2) is 0 Å². The first-order chi connectivity index (χ1) is 7.11. The van der Waals surface area contributed by atoms with Crippen LogP contribution in [0.4, 0.5) is 0 Å². The van der Waals surface area contributed by atoms with Gasteiger partial charge in [0, 0.05) is 16.0 Å². The standard InChI is InChI=1S/C10H5Cl4N/c11-4-6-1-5-2-7(12)3-8(13)9(5)15-10(6)14/h1-3H,4H2. The van der Waals surface area contributed by atoms with Crippen LogP contribution in [0.3, 0.4) is 0 Å². The molecule has 1 aromatic heterocycles. The number of pyridine rings is 1. The van der Waals surface area contributed by atoms with Crippen LogP contribution in [0.15, 0.2) is 18.2 Å². The third-order valence-electron chi connectivity index (χ3n) is 2.01. The minimum atomic E-state index is 0.311. The summed E-state index contributed by atoms with van der Waals surface area (Å²) in [7, 11) is 0. The van der Waals surface area contributed by atoms with Gasteiger partial charge >= 0.3 is 0 Å². The lowest BCUT2D eigenvalue weighted by molar-refractivity contribution is 1.30. The first kappa shape index (κ1) is 11.3. The largest absolute Gasteiger partial charge is 0.234 e. The summed E-state index contributed by atoms with van der Waals surface area (Å²) in [5, 5.41) is 2.27. The highest BCUT2D eigenvalue weighted by molar-refractivity contribution is 6.39. The van der Waals surface area contributed by atoms with Gasteiger partial charge in [-0.1, -0.05) is 34.8 Å². The van der Waals surface area contributed by atoms with E-state index in [1.54, 1.807) is 12.1 Å². The lowest BCUT2D eigenvalue weighted by atomic mass is 10.2. The number of alkyl halides is 1. The molecule has 2 aromatic rings. The summed E-state index contributed by atoms with van der Waals surface area (Å²) in [6, 6.07) is 5.26. The van der Waals surface area contributed by atoms with Gasteiger partial charge in [0.25, 0.3) is 0 Å². The summed E-state index contributed by atoms with van der Waals surface area (Å²) in [6.07, 6.45) is 0. The molecule has 0 N–H and O–H groups in total. The first-order valence-electron chi connectivity index (χ1n) is 4.12. The van der Waals surface area contributed by atoms with Gasteiger partial charge in [0.05, 0.1) is 16.4 Å². The van der Waals surface area contributed by atoms with E-state index < -0.39 is 0 Å². The SMILES string of the molecule is ClCc1cc2cc(Cl)cc(Cl)c2nc1Cl. The quantitative estimate of drug-likeness (QED) is 0.533. The molecule has 0 aliphatic carbocycles. The number of nitrogens with zero attached hydrogens (tertiary/aromatic N) is 1. The van der Waals surface area contributed by atoms with Crippen molar-refractivity contribution in [3.8, 4) is 0 Å². The molecule has 0 bridgehead atoms. The lowest BCUT2D eigenvalue weighted by Crippen LogP contribution is -1.88. The Morgan fingerprint density at radius 1 is 1.07 bits per heavy atom. The monoisotopic (exact) mass is 279 g/mol. The van der Waals surface area contributed by atoms with Crippen molar-refractivity contribution in [2.24, 2.45) is 0 Å². The van der Waals surface area contributed by atoms with Crippen molar-refractivity contribution in [2.75, 3.05) is 0 Å². The molecule has 0 unspecified atom stereocenters. The van der Waals surface area contributed by atoms with Gasteiger partial charge in [-0.15, -0.1) is 11.6 Å². The van der Waals surface area contributed by atoms with Crippen molar-refractivity contribution in [2.45, 2.75) is 5.88 Å². The molecule has 5 heteroatoms. The maximum atomic E-state index is 5.99. The number of halogens is 4. The summed E-state index contributed by atoms with van der Waals surface area (Å²) in [4.78, 5) is 4.18. The van der Waals surface area contributed by atoms with E-state index in [1.165, 1.54) is 0 Å². The molecule has 0 aliphatic heterocycles. The minimum absolute atomic E-state index is 0.311. The number of rotatable bonds is 1. The van der Waals surface area contributed by atoms with Gasteiger partial charge in [-0.3, -0.25) is 0 Å². The number of benzene rings is 1. The van der Waals surface area contributed by atoms with Crippen LogP contribution in [0.2, 0.25) is 15.2 Å². The second kappa shape index (κ2) is 4.34. The Labute approximate surface area is 107 Å². The highest BCUT2D eigenvalue weighted by atomic mass is 35.5. The van der Waals surface area contributed by atoms with E-state index in [0.29, 0.717) is 26.6 Å². The normalized spacial score (nSPS) is 10.9. The Kier molecular flexibility index (Phi) is 3.27. The Hall–Kier alpha value is -0.210. The van der Waals surface area contributed by atoms with Gasteiger partial charge < -0.3 is 0 Å². The van der Waals surface area contributed by atoms with Crippen molar-refractivity contribution >= 4 is 57.3 Å². The van der Waals surface area contributed by atoms with Crippen LogP contribution < -0.4 is 0 Å². The molecule has 0 amide bonds. The molecule has 1 heterocycles. The second-order valence-corrected chi connectivity index (χ2v) is 4.50. The van der Waals surface area contributed by atoms with Gasteiger partial charge in [-0.05, 0) is 18.2 Å². The summed E-state index contributed by atoms with van der Waals surface area (Å²) >= 11 is 23.5. The zero-order chi connectivity index (χ0) is 11.0. The van der Waals surface area contributed by atoms with E-state index in [0.717, 1.165) is 10.9 Å². The minimum Gasteiger partial charge on any atom is -0.234 e. The van der Waals surface area contributed by atoms with Gasteiger partial charge in [-0.2, -0.15) is 0 Å². The fourth-order valence-corrected chi connectivity index (χ4v) is 2.35. The van der Waals surface area contributed by atoms with Gasteiger partial charge in [0.2, 0.25) is 0 Å². The molecular formula is C10H5Cl4N. The van der Waals surface area contributed by atoms with Crippen molar-refractivity contribution < 1.29 is 0 Å². The van der Waals surface area contributed by atoms with Crippen molar-refractivity contribution in [1.29, 1.82) is 0 Å². The van der Waals surface area contributed by atoms with E-state index in [4.69, 9.17) is 46.4 Å². The molecule has 1 nitrogen and oxygen atoms in total. The van der Waals surface area contributed by atoms with Crippen molar-refractivity contribution in [3.63, 3.8) is 0 Å². The summed E-state index contributed by atoms with van der Waals surface area (Å²) in [5.41, 5.74) is 1.41. The van der Waals surface area contributed by atoms with Crippen LogP contribution in [-0.4, -0.2) is 4.98 Å². The summed E-state index contributed by atoms with van der Waals surface area (Å²) in [5.74, 6) is 0.311. The molecule has 2 rings (SSSR count). The van der Waals surface area contributed by atoms with Crippen LogP contribution >= 0.6 is 46.4 Å². The smallest absolute Gasteiger partial charge is 0.134 e. The van der Waals surface area contributed by atoms with Crippen LogP contribution in [-0.2, 0) is 5.88 Å². The Bertz CT molecular complexity index is 524. The number of hydrogen-bond acceptors (Lipinski definition) is 1. The molecule has 0 fully saturated rings. The molecule has 1 aromatic carbocycles. The maximum Gasteiger partial charge on any atom is 0.134 e. The average Bonchev–Trinajstić information content (AvgIpc) is 2.18. The Morgan fingerprint density at radius 2 is 1.80 bits per heavy atom. The lowest BCUT2D eigenvalue weighted by Gasteiger charge is -2.05. The molecule has 0 spiro atoms. The van der Waals surface area contributed by atoms with Crippen LogP contribution in [0.5, 0.6) is 0 Å². The fraction of sp³-hybridized carbons (Fsp3) is 0.100. The molecule has 0 aliphatic rings. The highest BCUT2D eigenvalue weighted by Gasteiger charge is 2.07. The second-order valence-electron chi connectivity index (χ2n) is 3.03. The topological polar surface area (TPSA) is 12.9 Å². The van der Waals surface area contributed by atoms with E-state index in [2.05, 4.69) is 4.98 Å². The van der Waals surface area contributed by atoms with E-state index in [1.807, 2.05) is 6.07 Å². The van der Waals surface area contributed by atoms with E-state index >= 15 is 0 Å². The molecule has 15 heavy (non-hydrogen) atoms. The molecule has 0 atom stereocenters. The van der Waals surface area contributed by atoms with Crippen LogP contribution in [0, 0.1) is 0 Å². The molecule has 0 saturated heterocycles. The molecule has 0 saturated carbocycles. The van der Waals surface area contributed by atoms with Gasteiger partial charge in [0.1, 0.15) is 5.15 Å². The third-order valence-corrected chi connectivity index (χ3v) is 3.13.